The number of hydrogen-bond acceptors (Lipinski definition) is 2. The minimum atomic E-state index is -1.21. The van der Waals surface area contributed by atoms with Crippen LogP contribution in [0.25, 0.3) is 0 Å². The highest BCUT2D eigenvalue weighted by Crippen LogP contribution is 2.22. The predicted octanol–water partition coefficient (Wildman–Crippen LogP) is 3.54. The van der Waals surface area contributed by atoms with Gasteiger partial charge < -0.3 is 5.11 Å². The molecule has 0 amide bonds. The fourth-order valence-electron chi connectivity index (χ4n) is 1.86. The van der Waals surface area contributed by atoms with Gasteiger partial charge in [0.1, 0.15) is 5.60 Å². The molecule has 1 aromatic rings. The molecule has 1 aromatic carbocycles. The largest absolute Gasteiger partial charge is 0.382 e. The quantitative estimate of drug-likeness (QED) is 0.791. The molecule has 0 heterocycles. The van der Waals surface area contributed by atoms with Crippen molar-refractivity contribution in [2.45, 2.75) is 52.1 Å². The number of carbonyl (C=O) groups is 1. The number of ketones is 1. The van der Waals surface area contributed by atoms with Gasteiger partial charge in [-0.25, -0.2) is 0 Å². The summed E-state index contributed by atoms with van der Waals surface area (Å²) in [5.41, 5.74) is 0.595. The average molecular weight is 234 g/mol. The number of rotatable bonds is 5. The van der Waals surface area contributed by atoms with Crippen LogP contribution in [0.5, 0.6) is 0 Å². The molecule has 0 aromatic heterocycles. The third-order valence-corrected chi connectivity index (χ3v) is 3.43. The van der Waals surface area contributed by atoms with Gasteiger partial charge in [0.25, 0.3) is 0 Å². The van der Waals surface area contributed by atoms with Gasteiger partial charge in [0.15, 0.2) is 5.78 Å². The highest BCUT2D eigenvalue weighted by molar-refractivity contribution is 6.02. The zero-order valence-corrected chi connectivity index (χ0v) is 11.2. The van der Waals surface area contributed by atoms with E-state index in [4.69, 9.17) is 0 Å². The Morgan fingerprint density at radius 2 is 1.65 bits per heavy atom. The normalized spacial score (nSPS) is 11.9. The Morgan fingerprint density at radius 3 is 2.00 bits per heavy atom. The van der Waals surface area contributed by atoms with E-state index in [-0.39, 0.29) is 5.78 Å². The molecule has 1 rings (SSSR count). The maximum absolute atomic E-state index is 12.2. The second kappa shape index (κ2) is 5.46. The minimum absolute atomic E-state index is 0.169. The predicted molar refractivity (Wildman–Crippen MR) is 70.4 cm³/mol. The van der Waals surface area contributed by atoms with Crippen molar-refractivity contribution in [1.29, 1.82) is 0 Å². The van der Waals surface area contributed by atoms with Gasteiger partial charge in [0, 0.05) is 5.56 Å². The van der Waals surface area contributed by atoms with Crippen molar-refractivity contribution in [2.75, 3.05) is 0 Å². The zero-order valence-electron chi connectivity index (χ0n) is 11.2. The lowest BCUT2D eigenvalue weighted by Gasteiger charge is -2.23. The van der Waals surface area contributed by atoms with E-state index in [0.29, 0.717) is 24.3 Å². The summed E-state index contributed by atoms with van der Waals surface area (Å²) in [6.07, 6.45) is 0.905. The first-order chi connectivity index (χ1) is 7.94. The molecule has 94 valence electrons. The first kappa shape index (κ1) is 13.9. The molecule has 0 aliphatic rings. The summed E-state index contributed by atoms with van der Waals surface area (Å²) in [6.45, 7) is 7.91. The SMILES string of the molecule is CCC(O)(CC)C(=O)c1ccc(C(C)C)cc1. The summed E-state index contributed by atoms with van der Waals surface area (Å²) < 4.78 is 0. The van der Waals surface area contributed by atoms with Gasteiger partial charge in [0.05, 0.1) is 0 Å². The lowest BCUT2D eigenvalue weighted by molar-refractivity contribution is 0.0277. The lowest BCUT2D eigenvalue weighted by Crippen LogP contribution is -2.37. The molecule has 0 bridgehead atoms. The molecule has 0 unspecified atom stereocenters. The number of aliphatic hydroxyl groups is 1. The van der Waals surface area contributed by atoms with E-state index >= 15 is 0 Å². The lowest BCUT2D eigenvalue weighted by atomic mass is 9.87. The van der Waals surface area contributed by atoms with Gasteiger partial charge in [-0.1, -0.05) is 52.0 Å². The molecule has 0 spiro atoms. The van der Waals surface area contributed by atoms with Gasteiger partial charge in [-0.05, 0) is 24.3 Å². The van der Waals surface area contributed by atoms with Crippen LogP contribution < -0.4 is 0 Å². The molecule has 0 radical (unpaired) electrons. The molecule has 17 heavy (non-hydrogen) atoms. The Labute approximate surface area is 104 Å². The number of benzene rings is 1. The maximum atomic E-state index is 12.2. The molecular formula is C15H22O2. The fourth-order valence-corrected chi connectivity index (χ4v) is 1.86. The van der Waals surface area contributed by atoms with E-state index in [1.165, 1.54) is 5.56 Å². The van der Waals surface area contributed by atoms with Crippen molar-refractivity contribution in [1.82, 2.24) is 0 Å². The van der Waals surface area contributed by atoms with E-state index in [0.717, 1.165) is 0 Å². The van der Waals surface area contributed by atoms with E-state index in [2.05, 4.69) is 13.8 Å². The Bertz CT molecular complexity index is 372. The second-order valence-electron chi connectivity index (χ2n) is 4.84. The van der Waals surface area contributed by atoms with Crippen LogP contribution in [0.3, 0.4) is 0 Å². The highest BCUT2D eigenvalue weighted by atomic mass is 16.3. The zero-order chi connectivity index (χ0) is 13.1. The van der Waals surface area contributed by atoms with Crippen LogP contribution in [0.1, 0.15) is 62.4 Å². The molecular weight excluding hydrogens is 212 g/mol. The second-order valence-corrected chi connectivity index (χ2v) is 4.84. The summed E-state index contributed by atoms with van der Waals surface area (Å²) >= 11 is 0. The summed E-state index contributed by atoms with van der Waals surface area (Å²) in [4.78, 5) is 12.2. The summed E-state index contributed by atoms with van der Waals surface area (Å²) in [5, 5.41) is 10.2. The standard InChI is InChI=1S/C15H22O2/c1-5-15(17,6-2)14(16)13-9-7-12(8-10-13)11(3)4/h7-11,17H,5-6H2,1-4H3. The first-order valence-electron chi connectivity index (χ1n) is 6.31. The van der Waals surface area contributed by atoms with Gasteiger partial charge >= 0.3 is 0 Å². The van der Waals surface area contributed by atoms with E-state index in [1.54, 1.807) is 0 Å². The minimum Gasteiger partial charge on any atom is -0.382 e. The summed E-state index contributed by atoms with van der Waals surface area (Å²) in [7, 11) is 0. The van der Waals surface area contributed by atoms with Crippen LogP contribution in [0, 0.1) is 0 Å². The van der Waals surface area contributed by atoms with Crippen LogP contribution >= 0.6 is 0 Å². The average Bonchev–Trinajstić information content (AvgIpc) is 2.37. The van der Waals surface area contributed by atoms with Crippen LogP contribution in [0.2, 0.25) is 0 Å². The molecule has 0 aliphatic carbocycles. The number of Topliss-reactive ketones (excluding diaryl/α,β-unsaturated/α-hetero) is 1. The van der Waals surface area contributed by atoms with Crippen LogP contribution in [-0.4, -0.2) is 16.5 Å². The monoisotopic (exact) mass is 234 g/mol. The van der Waals surface area contributed by atoms with Gasteiger partial charge in [0.2, 0.25) is 0 Å². The van der Waals surface area contributed by atoms with E-state index in [9.17, 15) is 9.90 Å². The summed E-state index contributed by atoms with van der Waals surface area (Å²) in [6, 6.07) is 7.55. The number of carbonyl (C=O) groups excluding carboxylic acids is 1. The smallest absolute Gasteiger partial charge is 0.194 e. The molecule has 2 nitrogen and oxygen atoms in total. The molecule has 0 saturated heterocycles. The van der Waals surface area contributed by atoms with Crippen molar-refractivity contribution < 1.29 is 9.90 Å². The van der Waals surface area contributed by atoms with E-state index in [1.807, 2.05) is 38.1 Å². The van der Waals surface area contributed by atoms with Gasteiger partial charge in [-0.2, -0.15) is 0 Å². The molecule has 2 heteroatoms. The summed E-state index contributed by atoms with van der Waals surface area (Å²) in [5.74, 6) is 0.285. The van der Waals surface area contributed by atoms with E-state index < -0.39 is 5.60 Å². The van der Waals surface area contributed by atoms with Crippen molar-refractivity contribution in [3.63, 3.8) is 0 Å². The van der Waals surface area contributed by atoms with Crippen LogP contribution in [0.4, 0.5) is 0 Å². The fraction of sp³-hybridized carbons (Fsp3) is 0.533. The van der Waals surface area contributed by atoms with Gasteiger partial charge in [-0.3, -0.25) is 4.79 Å². The maximum Gasteiger partial charge on any atom is 0.194 e. The molecule has 0 fully saturated rings. The number of hydrogen-bond donors (Lipinski definition) is 1. The Hall–Kier alpha value is -1.15. The van der Waals surface area contributed by atoms with Crippen LogP contribution in [0.15, 0.2) is 24.3 Å². The Morgan fingerprint density at radius 1 is 1.18 bits per heavy atom. The van der Waals surface area contributed by atoms with Crippen molar-refractivity contribution >= 4 is 5.78 Å². The Kier molecular flexibility index (Phi) is 4.47. The first-order valence-corrected chi connectivity index (χ1v) is 6.31. The van der Waals surface area contributed by atoms with Crippen molar-refractivity contribution in [3.8, 4) is 0 Å². The van der Waals surface area contributed by atoms with Crippen LogP contribution in [-0.2, 0) is 0 Å². The molecule has 0 saturated carbocycles. The van der Waals surface area contributed by atoms with Crippen molar-refractivity contribution in [3.05, 3.63) is 35.4 Å². The highest BCUT2D eigenvalue weighted by Gasteiger charge is 2.32. The Balaban J connectivity index is 2.97. The molecule has 1 N–H and O–H groups in total. The topological polar surface area (TPSA) is 37.3 Å². The third kappa shape index (κ3) is 2.95. The van der Waals surface area contributed by atoms with Crippen molar-refractivity contribution in [2.24, 2.45) is 0 Å². The third-order valence-electron chi connectivity index (χ3n) is 3.43. The molecule has 0 atom stereocenters. The molecule has 0 aliphatic heterocycles. The van der Waals surface area contributed by atoms with Gasteiger partial charge in [-0.15, -0.1) is 0 Å².